The maximum atomic E-state index is 9.36. The molecule has 0 unspecified atom stereocenters. The first-order valence-electron chi connectivity index (χ1n) is 30.9. The smallest absolute Gasteiger partial charge is 0.185 e. The fraction of sp³-hybridized carbons (Fsp3) is 0.157. The topological polar surface area (TPSA) is 31.8 Å². The van der Waals surface area contributed by atoms with Crippen LogP contribution in [0.1, 0.15) is 77.5 Å². The Morgan fingerprint density at radius 3 is 1.64 bits per heavy atom. The van der Waals surface area contributed by atoms with Crippen molar-refractivity contribution in [3.8, 4) is 44.9 Å². The minimum Gasteiger partial charge on any atom is -0.457 e. The fourth-order valence-corrected chi connectivity index (χ4v) is 17.2. The lowest BCUT2D eigenvalue weighted by Crippen LogP contribution is -2.75. The Bertz CT molecular complexity index is 4330. The van der Waals surface area contributed by atoms with Crippen LogP contribution in [-0.2, 0) is 10.8 Å². The lowest BCUT2D eigenvalue weighted by Gasteiger charge is -2.43. The van der Waals surface area contributed by atoms with Gasteiger partial charge in [0.05, 0.1) is 36.5 Å². The van der Waals surface area contributed by atoms with E-state index in [1.807, 2.05) is 92.5 Å². The van der Waals surface area contributed by atoms with Crippen molar-refractivity contribution in [3.05, 3.63) is 241 Å². The second-order valence-electron chi connectivity index (χ2n) is 22.3. The van der Waals surface area contributed by atoms with Gasteiger partial charge in [-0.05, 0) is 139 Å². The third kappa shape index (κ3) is 7.68. The quantitative estimate of drug-likeness (QED) is 0.149. The van der Waals surface area contributed by atoms with Crippen LogP contribution in [0.5, 0.6) is 11.5 Å². The van der Waals surface area contributed by atoms with Gasteiger partial charge < -0.3 is 14.5 Å². The minimum absolute atomic E-state index is 0.0815. The molecule has 3 aliphatic heterocycles. The van der Waals surface area contributed by atoms with E-state index in [2.05, 4.69) is 135 Å². The number of rotatable bonds is 7. The Balaban J connectivity index is 0.974. The van der Waals surface area contributed by atoms with E-state index in [4.69, 9.17) is 17.9 Å². The average Bonchev–Trinajstić information content (AvgIpc) is 1.43. The van der Waals surface area contributed by atoms with Crippen LogP contribution in [-0.4, -0.2) is 19.7 Å². The maximum Gasteiger partial charge on any atom is 0.185 e. The van der Waals surface area contributed by atoms with Crippen LogP contribution >= 0.6 is 0 Å². The van der Waals surface area contributed by atoms with Crippen molar-refractivity contribution in [1.29, 1.82) is 0 Å². The summed E-state index contributed by atoms with van der Waals surface area (Å²) in [5, 5.41) is 5.21. The third-order valence-corrected chi connectivity index (χ3v) is 20.3. The summed E-state index contributed by atoms with van der Waals surface area (Å²) in [7, 11) is -3.01. The molecular formula is C70H62N4OSi. The first-order chi connectivity index (χ1) is 40.9. The zero-order chi connectivity index (χ0) is 60.8. The number of aryl methyl sites for hydroxylation is 2. The van der Waals surface area contributed by atoms with Crippen molar-refractivity contribution in [2.45, 2.75) is 66.2 Å². The number of anilines is 7. The highest BCUT2D eigenvalue weighted by Gasteiger charge is 2.54. The molecule has 1 aromatic heterocycles. The molecule has 0 saturated carbocycles. The van der Waals surface area contributed by atoms with Crippen molar-refractivity contribution in [2.75, 3.05) is 21.4 Å². The van der Waals surface area contributed by atoms with Gasteiger partial charge >= 0.3 is 0 Å². The fourth-order valence-electron chi connectivity index (χ4n) is 11.7. The van der Waals surface area contributed by atoms with Crippen molar-refractivity contribution >= 4 is 68.8 Å². The highest BCUT2D eigenvalue weighted by molar-refractivity contribution is 7.23. The van der Waals surface area contributed by atoms with E-state index in [1.165, 1.54) is 43.0 Å². The molecule has 0 aliphatic carbocycles. The predicted octanol–water partition coefficient (Wildman–Crippen LogP) is 15.8. The monoisotopic (exact) mass is 1010 g/mol. The van der Waals surface area contributed by atoms with Crippen molar-refractivity contribution < 1.29 is 18.4 Å². The van der Waals surface area contributed by atoms with Gasteiger partial charge in [0.1, 0.15) is 24.0 Å². The molecule has 0 N–H and O–H groups in total. The van der Waals surface area contributed by atoms with E-state index in [-0.39, 0.29) is 34.3 Å². The molecule has 0 radical (unpaired) electrons. The van der Waals surface area contributed by atoms with Crippen LogP contribution < -0.4 is 40.2 Å². The van der Waals surface area contributed by atoms with E-state index >= 15 is 0 Å². The van der Waals surface area contributed by atoms with E-state index in [0.29, 0.717) is 28.4 Å². The highest BCUT2D eigenvalue weighted by atomic mass is 28.3. The number of fused-ring (bicyclic) bond motifs is 10. The number of para-hydroxylation sites is 3. The van der Waals surface area contributed by atoms with E-state index in [1.54, 1.807) is 0 Å². The number of benzene rings is 9. The van der Waals surface area contributed by atoms with Gasteiger partial charge in [-0.3, -0.25) is 4.90 Å². The number of ether oxygens (including phenoxy) is 1. The van der Waals surface area contributed by atoms with Gasteiger partial charge in [0.15, 0.2) is 8.07 Å². The molecule has 6 heteroatoms. The largest absolute Gasteiger partial charge is 0.457 e. The van der Waals surface area contributed by atoms with Crippen LogP contribution in [0.25, 0.3) is 33.4 Å². The number of pyridine rings is 1. The molecule has 10 aromatic rings. The lowest BCUT2D eigenvalue weighted by atomic mass is 9.82. The predicted molar refractivity (Wildman–Crippen MR) is 321 cm³/mol. The Morgan fingerprint density at radius 1 is 0.474 bits per heavy atom. The molecule has 0 saturated heterocycles. The van der Waals surface area contributed by atoms with Crippen LogP contribution in [0, 0.1) is 13.8 Å². The zero-order valence-corrected chi connectivity index (χ0v) is 44.9. The third-order valence-electron chi connectivity index (χ3n) is 15.3. The van der Waals surface area contributed by atoms with E-state index in [9.17, 15) is 5.48 Å². The molecule has 0 atom stereocenters. The summed E-state index contributed by atoms with van der Waals surface area (Å²) >= 11 is 0. The van der Waals surface area contributed by atoms with Gasteiger partial charge in [0, 0.05) is 40.8 Å². The first-order valence-corrected chi connectivity index (χ1v) is 27.9. The number of hydrogen-bond acceptors (Lipinski definition) is 5. The Labute approximate surface area is 463 Å². The van der Waals surface area contributed by atoms with E-state index in [0.717, 1.165) is 34.1 Å². The normalized spacial score (nSPS) is 15.9. The van der Waals surface area contributed by atoms with Crippen molar-refractivity contribution in [3.63, 3.8) is 0 Å². The Kier molecular flexibility index (Phi) is 8.76. The standard InChI is InChI=1S/C70H62N4OSi/c1-46-30-33-63-57(38-46)58-39-47(2)31-34-64(58)76(63)65-29-18-17-28-61(65)74(67-42-50(36-37-71-67)69(3,4)5)62-44-54(32-35-66(62)76)75-53-25-19-24-52(43-53)72-45-73(60-27-16-15-26-59(60)72)68-55(48-20-11-9-12-21-48)40-51(70(6,7)8)41-56(68)49-22-13-10-14-23-49/h9-44H,45H2,1-8H3/i9D,10D,11D,12D,13D,14D,20D,21D,22D,23D. The lowest BCUT2D eigenvalue weighted by molar-refractivity contribution is 0.483. The first kappa shape index (κ1) is 37.3. The van der Waals surface area contributed by atoms with Gasteiger partial charge in [-0.15, -0.1) is 0 Å². The molecule has 5 nitrogen and oxygen atoms in total. The van der Waals surface area contributed by atoms with Gasteiger partial charge in [0.2, 0.25) is 0 Å². The molecule has 0 amide bonds. The van der Waals surface area contributed by atoms with Crippen LogP contribution in [0.4, 0.5) is 39.9 Å². The molecule has 13 rings (SSSR count). The maximum absolute atomic E-state index is 9.36. The Hall–Kier alpha value is -8.45. The second kappa shape index (κ2) is 17.9. The summed E-state index contributed by atoms with van der Waals surface area (Å²) in [5.41, 5.74) is 10.8. The Morgan fingerprint density at radius 2 is 1.03 bits per heavy atom. The van der Waals surface area contributed by atoms with Crippen LogP contribution in [0.15, 0.2) is 218 Å². The summed E-state index contributed by atoms with van der Waals surface area (Å²) in [6, 6.07) is 47.8. The summed E-state index contributed by atoms with van der Waals surface area (Å²) in [4.78, 5) is 11.5. The van der Waals surface area contributed by atoms with E-state index < -0.39 is 73.9 Å². The minimum atomic E-state index is -3.01. The van der Waals surface area contributed by atoms with Crippen LogP contribution in [0.3, 0.4) is 0 Å². The summed E-state index contributed by atoms with van der Waals surface area (Å²) in [6.45, 7) is 17.0. The molecule has 0 fully saturated rings. The van der Waals surface area contributed by atoms with Gasteiger partial charge in [-0.2, -0.15) is 0 Å². The average molecular weight is 1010 g/mol. The summed E-state index contributed by atoms with van der Waals surface area (Å²) in [5.74, 6) is 1.97. The molecule has 1 spiro atoms. The molecule has 0 bridgehead atoms. The summed E-state index contributed by atoms with van der Waals surface area (Å²) < 4.78 is 97.1. The summed E-state index contributed by atoms with van der Waals surface area (Å²) in [6.07, 6.45) is 1.91. The van der Waals surface area contributed by atoms with Crippen LogP contribution in [0.2, 0.25) is 0 Å². The van der Waals surface area contributed by atoms with Gasteiger partial charge in [-0.25, -0.2) is 4.98 Å². The highest BCUT2D eigenvalue weighted by Crippen LogP contribution is 2.52. The van der Waals surface area contributed by atoms with Gasteiger partial charge in [0.25, 0.3) is 0 Å². The molecular weight excluding hydrogens is 941 g/mol. The number of hydrogen-bond donors (Lipinski definition) is 0. The van der Waals surface area contributed by atoms with Crippen molar-refractivity contribution in [1.82, 2.24) is 4.98 Å². The molecule has 76 heavy (non-hydrogen) atoms. The second-order valence-corrected chi connectivity index (χ2v) is 25.9. The number of aromatic nitrogens is 1. The molecule has 4 heterocycles. The SMILES string of the molecule is [2H]c1c([2H])c([2H])c(-c2cc(C(C)(C)C)cc(-c3c([2H])c([2H])c([2H])c([2H])c3[2H])c2N2CN(c3cccc(Oc4ccc5c(c4)N(c4cc(C(C)(C)C)ccn4)c4ccccc4[Si]54c5ccc(C)cc5-c5cc(C)ccc54)c3)c3ccccc32)c([2H])c1[2H]. The van der Waals surface area contributed by atoms with Gasteiger partial charge in [-0.1, -0.05) is 192 Å². The zero-order valence-electron chi connectivity index (χ0n) is 53.9. The molecule has 372 valence electrons. The number of nitrogens with zero attached hydrogens (tertiary/aromatic N) is 4. The van der Waals surface area contributed by atoms with Crippen molar-refractivity contribution in [2.24, 2.45) is 0 Å². The molecule has 3 aliphatic rings. The molecule has 9 aromatic carbocycles.